The highest BCUT2D eigenvalue weighted by atomic mass is 35.5. The van der Waals surface area contributed by atoms with Crippen molar-refractivity contribution in [3.05, 3.63) is 88.2 Å². The number of sulfonamides is 1. The van der Waals surface area contributed by atoms with Crippen molar-refractivity contribution in [3.63, 3.8) is 0 Å². The van der Waals surface area contributed by atoms with Crippen LogP contribution in [0.5, 0.6) is 0 Å². The van der Waals surface area contributed by atoms with Crippen LogP contribution < -0.4 is 20.9 Å². The van der Waals surface area contributed by atoms with Crippen LogP contribution in [0, 0.1) is 5.92 Å². The maximum Gasteiger partial charge on any atom is 0.272 e. The molecule has 4 N–H and O–H groups in total. The predicted molar refractivity (Wildman–Crippen MR) is 146 cm³/mol. The smallest absolute Gasteiger partial charge is 0.272 e. The summed E-state index contributed by atoms with van der Waals surface area (Å²) < 4.78 is 23.0. The van der Waals surface area contributed by atoms with Crippen molar-refractivity contribution in [1.29, 1.82) is 0 Å². The molecule has 190 valence electrons. The van der Waals surface area contributed by atoms with Crippen LogP contribution in [-0.4, -0.2) is 32.4 Å². The molecule has 1 fully saturated rings. The first kappa shape index (κ1) is 25.0. The first-order chi connectivity index (χ1) is 17.7. The average Bonchev–Trinajstić information content (AvgIpc) is 2.88. The van der Waals surface area contributed by atoms with Crippen molar-refractivity contribution < 1.29 is 13.2 Å². The Balaban J connectivity index is 1.47. The molecule has 8 nitrogen and oxygen atoms in total. The SMILES string of the molecule is NS(=O)(=O)c1ccc(NC(=O)C2CCCN(c3c(-c4ccccc4)c4cc(Cl)ccc4[nH]c3=O)C2)cc1. The van der Waals surface area contributed by atoms with Crippen molar-refractivity contribution >= 4 is 49.8 Å². The number of benzene rings is 3. The Morgan fingerprint density at radius 2 is 1.78 bits per heavy atom. The topological polar surface area (TPSA) is 125 Å². The van der Waals surface area contributed by atoms with E-state index in [9.17, 15) is 18.0 Å². The molecular weight excluding hydrogens is 512 g/mol. The molecule has 2 heterocycles. The number of aromatic nitrogens is 1. The van der Waals surface area contributed by atoms with Crippen LogP contribution in [0.25, 0.3) is 22.0 Å². The summed E-state index contributed by atoms with van der Waals surface area (Å²) in [6.07, 6.45) is 1.39. The number of hydrogen-bond donors (Lipinski definition) is 3. The summed E-state index contributed by atoms with van der Waals surface area (Å²) in [5.74, 6) is -0.570. The lowest BCUT2D eigenvalue weighted by molar-refractivity contribution is -0.120. The first-order valence-corrected chi connectivity index (χ1v) is 13.7. The zero-order valence-electron chi connectivity index (χ0n) is 19.8. The highest BCUT2D eigenvalue weighted by Crippen LogP contribution is 2.37. The lowest BCUT2D eigenvalue weighted by Gasteiger charge is -2.34. The van der Waals surface area contributed by atoms with Gasteiger partial charge in [-0.2, -0.15) is 0 Å². The van der Waals surface area contributed by atoms with Gasteiger partial charge in [-0.15, -0.1) is 0 Å². The molecule has 4 aromatic rings. The molecule has 1 aromatic heterocycles. The fraction of sp³-hybridized carbons (Fsp3) is 0.185. The van der Waals surface area contributed by atoms with E-state index in [1.54, 1.807) is 12.1 Å². The van der Waals surface area contributed by atoms with E-state index in [0.717, 1.165) is 22.9 Å². The fourth-order valence-electron chi connectivity index (χ4n) is 4.82. The van der Waals surface area contributed by atoms with Crippen molar-refractivity contribution in [2.24, 2.45) is 11.1 Å². The van der Waals surface area contributed by atoms with Crippen molar-refractivity contribution in [2.75, 3.05) is 23.3 Å². The van der Waals surface area contributed by atoms with Crippen LogP contribution in [0.1, 0.15) is 12.8 Å². The molecular formula is C27H25ClN4O4S. The number of hydrogen-bond acceptors (Lipinski definition) is 5. The molecule has 0 aliphatic carbocycles. The number of H-pyrrole nitrogens is 1. The van der Waals surface area contributed by atoms with Crippen molar-refractivity contribution in [2.45, 2.75) is 17.7 Å². The van der Waals surface area contributed by atoms with Gasteiger partial charge in [0.2, 0.25) is 15.9 Å². The van der Waals surface area contributed by atoms with E-state index < -0.39 is 10.0 Å². The number of anilines is 2. The number of nitrogens with zero attached hydrogens (tertiary/aromatic N) is 1. The number of pyridine rings is 1. The van der Waals surface area contributed by atoms with Gasteiger partial charge >= 0.3 is 0 Å². The third-order valence-corrected chi connectivity index (χ3v) is 7.74. The molecule has 10 heteroatoms. The van der Waals surface area contributed by atoms with E-state index in [4.69, 9.17) is 16.7 Å². The lowest BCUT2D eigenvalue weighted by atomic mass is 9.93. The molecule has 0 radical (unpaired) electrons. The molecule has 1 saturated heterocycles. The van der Waals surface area contributed by atoms with Crippen LogP contribution in [0.3, 0.4) is 0 Å². The minimum Gasteiger partial charge on any atom is -0.366 e. The molecule has 1 aliphatic heterocycles. The fourth-order valence-corrected chi connectivity index (χ4v) is 5.51. The number of fused-ring (bicyclic) bond motifs is 1. The van der Waals surface area contributed by atoms with Gasteiger partial charge in [-0.05, 0) is 60.9 Å². The molecule has 1 unspecified atom stereocenters. The summed E-state index contributed by atoms with van der Waals surface area (Å²) in [4.78, 5) is 31.5. The van der Waals surface area contributed by atoms with Crippen LogP contribution in [-0.2, 0) is 14.8 Å². The second kappa shape index (κ2) is 10.0. The van der Waals surface area contributed by atoms with E-state index in [1.807, 2.05) is 41.3 Å². The number of carbonyl (C=O) groups excluding carboxylic acids is 1. The molecule has 1 atom stereocenters. The second-order valence-electron chi connectivity index (χ2n) is 9.08. The minimum absolute atomic E-state index is 0.0292. The van der Waals surface area contributed by atoms with Crippen LogP contribution in [0.4, 0.5) is 11.4 Å². The Hall–Kier alpha value is -3.66. The van der Waals surface area contributed by atoms with E-state index in [-0.39, 0.29) is 22.3 Å². The number of halogens is 1. The Labute approximate surface area is 219 Å². The van der Waals surface area contributed by atoms with Crippen molar-refractivity contribution in [1.82, 2.24) is 4.98 Å². The molecule has 37 heavy (non-hydrogen) atoms. The first-order valence-electron chi connectivity index (χ1n) is 11.8. The molecule has 0 spiro atoms. The van der Waals surface area contributed by atoms with Gasteiger partial charge in [0.1, 0.15) is 5.69 Å². The van der Waals surface area contributed by atoms with Gasteiger partial charge in [0.25, 0.3) is 5.56 Å². The number of aromatic amines is 1. The normalized spacial score (nSPS) is 16.1. The van der Waals surface area contributed by atoms with Crippen LogP contribution >= 0.6 is 11.6 Å². The van der Waals surface area contributed by atoms with Gasteiger partial charge in [0, 0.05) is 40.3 Å². The predicted octanol–water partition coefficient (Wildman–Crippen LogP) is 4.35. The Morgan fingerprint density at radius 3 is 2.49 bits per heavy atom. The lowest BCUT2D eigenvalue weighted by Crippen LogP contribution is -2.43. The van der Waals surface area contributed by atoms with Gasteiger partial charge in [0.05, 0.1) is 10.8 Å². The highest BCUT2D eigenvalue weighted by molar-refractivity contribution is 7.89. The van der Waals surface area contributed by atoms with Gasteiger partial charge in [-0.1, -0.05) is 41.9 Å². The Morgan fingerprint density at radius 1 is 1.05 bits per heavy atom. The summed E-state index contributed by atoms with van der Waals surface area (Å²) in [5.41, 5.74) is 3.10. The monoisotopic (exact) mass is 536 g/mol. The molecule has 1 aliphatic rings. The zero-order valence-corrected chi connectivity index (χ0v) is 21.4. The minimum atomic E-state index is -3.82. The van der Waals surface area contributed by atoms with Gasteiger partial charge in [-0.3, -0.25) is 9.59 Å². The number of primary sulfonamides is 1. The summed E-state index contributed by atoms with van der Waals surface area (Å²) >= 11 is 6.33. The van der Waals surface area contributed by atoms with E-state index in [1.165, 1.54) is 24.3 Å². The molecule has 5 rings (SSSR count). The number of amides is 1. The molecule has 0 saturated carbocycles. The summed E-state index contributed by atoms with van der Waals surface area (Å²) in [6.45, 7) is 0.984. The second-order valence-corrected chi connectivity index (χ2v) is 11.1. The maximum absolute atomic E-state index is 13.4. The molecule has 3 aromatic carbocycles. The van der Waals surface area contributed by atoms with E-state index in [0.29, 0.717) is 41.4 Å². The van der Waals surface area contributed by atoms with Crippen molar-refractivity contribution in [3.8, 4) is 11.1 Å². The van der Waals surface area contributed by atoms with Gasteiger partial charge < -0.3 is 15.2 Å². The largest absolute Gasteiger partial charge is 0.366 e. The quantitative estimate of drug-likeness (QED) is 0.349. The molecule has 0 bridgehead atoms. The maximum atomic E-state index is 13.4. The highest BCUT2D eigenvalue weighted by Gasteiger charge is 2.29. The number of nitrogens with one attached hydrogen (secondary N) is 2. The van der Waals surface area contributed by atoms with Crippen LogP contribution in [0.2, 0.25) is 5.02 Å². The number of nitrogens with two attached hydrogens (primary N) is 1. The average molecular weight is 537 g/mol. The Bertz CT molecular complexity index is 1640. The van der Waals surface area contributed by atoms with E-state index in [2.05, 4.69) is 10.3 Å². The number of piperidine rings is 1. The third kappa shape index (κ3) is 5.24. The summed E-state index contributed by atoms with van der Waals surface area (Å²) in [6, 6.07) is 20.8. The number of rotatable bonds is 5. The van der Waals surface area contributed by atoms with Gasteiger partial charge in [0.15, 0.2) is 0 Å². The molecule has 1 amide bonds. The zero-order chi connectivity index (χ0) is 26.2. The van der Waals surface area contributed by atoms with Crippen LogP contribution in [0.15, 0.2) is 82.5 Å². The summed E-state index contributed by atoms with van der Waals surface area (Å²) in [7, 11) is -3.82. The van der Waals surface area contributed by atoms with Gasteiger partial charge in [-0.25, -0.2) is 13.6 Å². The number of carbonyl (C=O) groups is 1. The summed E-state index contributed by atoms with van der Waals surface area (Å²) in [5, 5.41) is 9.40. The standard InChI is InChI=1S/C27H25ClN4O4S/c28-19-8-13-23-22(15-19)24(17-5-2-1-3-6-17)25(27(34)31-23)32-14-4-7-18(16-32)26(33)30-20-9-11-21(12-10-20)37(29,35)36/h1-3,5-6,8-13,15,18H,4,7,14,16H2,(H,30,33)(H,31,34)(H2,29,35,36). The Kier molecular flexibility index (Phi) is 6.76. The van der Waals surface area contributed by atoms with E-state index >= 15 is 0 Å². The third-order valence-electron chi connectivity index (χ3n) is 6.57.